The molecule has 1 saturated heterocycles. The smallest absolute Gasteiger partial charge is 0.295 e. The van der Waals surface area contributed by atoms with Crippen molar-refractivity contribution in [1.29, 1.82) is 0 Å². The zero-order valence-corrected chi connectivity index (χ0v) is 14.4. The van der Waals surface area contributed by atoms with Crippen molar-refractivity contribution >= 4 is 22.9 Å². The van der Waals surface area contributed by atoms with Gasteiger partial charge in [-0.3, -0.25) is 4.90 Å². The summed E-state index contributed by atoms with van der Waals surface area (Å²) in [6, 6.07) is 14.8. The van der Waals surface area contributed by atoms with E-state index in [2.05, 4.69) is 38.1 Å². The molecule has 0 bridgehead atoms. The molecular weight excluding hydrogens is 314 g/mol. The van der Waals surface area contributed by atoms with Crippen LogP contribution in [0.15, 0.2) is 53.1 Å². The van der Waals surface area contributed by atoms with Crippen molar-refractivity contribution in [3.05, 3.63) is 48.7 Å². The van der Waals surface area contributed by atoms with Crippen molar-refractivity contribution in [2.45, 2.75) is 13.0 Å². The summed E-state index contributed by atoms with van der Waals surface area (Å²) in [5.41, 5.74) is 1.71. The maximum Gasteiger partial charge on any atom is 0.295 e. The number of oxazole rings is 1. The van der Waals surface area contributed by atoms with E-state index in [1.54, 1.807) is 0 Å². The zero-order valence-electron chi connectivity index (χ0n) is 14.4. The lowest BCUT2D eigenvalue weighted by Crippen LogP contribution is -2.49. The predicted octanol–water partition coefficient (Wildman–Crippen LogP) is 2.85. The Morgan fingerprint density at radius 1 is 1.08 bits per heavy atom. The van der Waals surface area contributed by atoms with Gasteiger partial charge in [-0.15, -0.1) is 0 Å². The first kappa shape index (κ1) is 15.9. The summed E-state index contributed by atoms with van der Waals surface area (Å²) in [5, 5.41) is 3.38. The number of piperazine rings is 1. The lowest BCUT2D eigenvalue weighted by atomic mass is 10.2. The molecule has 0 spiro atoms. The molecule has 130 valence electrons. The number of hydrogen-bond acceptors (Lipinski definition) is 6. The third-order valence-electron chi connectivity index (χ3n) is 4.54. The van der Waals surface area contributed by atoms with Crippen molar-refractivity contribution < 1.29 is 4.42 Å². The highest BCUT2D eigenvalue weighted by atomic mass is 16.4. The van der Waals surface area contributed by atoms with Gasteiger partial charge in [-0.2, -0.15) is 4.98 Å². The number of hydrogen-bond donors (Lipinski definition) is 1. The van der Waals surface area contributed by atoms with Crippen molar-refractivity contribution in [1.82, 2.24) is 14.9 Å². The summed E-state index contributed by atoms with van der Waals surface area (Å²) in [6.45, 7) is 7.22. The van der Waals surface area contributed by atoms with Crippen LogP contribution in [-0.2, 0) is 0 Å². The molecule has 0 saturated carbocycles. The Hall–Kier alpha value is -2.60. The second kappa shape index (κ2) is 7.11. The quantitative estimate of drug-likeness (QED) is 0.773. The maximum atomic E-state index is 5.75. The third kappa shape index (κ3) is 3.74. The summed E-state index contributed by atoms with van der Waals surface area (Å²) >= 11 is 0. The fourth-order valence-electron chi connectivity index (χ4n) is 3.28. The molecule has 6 heteroatoms. The second-order valence-electron chi connectivity index (χ2n) is 6.51. The van der Waals surface area contributed by atoms with Crippen LogP contribution in [0.3, 0.4) is 0 Å². The van der Waals surface area contributed by atoms with Crippen LogP contribution in [0.2, 0.25) is 0 Å². The van der Waals surface area contributed by atoms with Gasteiger partial charge in [-0.05, 0) is 31.2 Å². The number of aromatic nitrogens is 2. The van der Waals surface area contributed by atoms with Gasteiger partial charge in [0.05, 0.1) is 0 Å². The standard InChI is InChI=1S/C19H23N5O/c1-15(21-19-22-16-6-2-3-7-17(16)25-19)14-23-10-12-24(13-11-23)18-8-4-5-9-20-18/h2-9,15H,10-14H2,1H3,(H,21,22). The van der Waals surface area contributed by atoms with E-state index in [-0.39, 0.29) is 6.04 Å². The van der Waals surface area contributed by atoms with Gasteiger partial charge in [0, 0.05) is 45.0 Å². The van der Waals surface area contributed by atoms with E-state index in [1.807, 2.05) is 42.6 Å². The van der Waals surface area contributed by atoms with Gasteiger partial charge in [0.1, 0.15) is 11.3 Å². The number of anilines is 2. The van der Waals surface area contributed by atoms with Crippen molar-refractivity contribution in [3.63, 3.8) is 0 Å². The van der Waals surface area contributed by atoms with Gasteiger partial charge < -0.3 is 14.6 Å². The first-order chi connectivity index (χ1) is 12.3. The normalized spacial score (nSPS) is 16.9. The van der Waals surface area contributed by atoms with Crippen LogP contribution >= 0.6 is 0 Å². The number of pyridine rings is 1. The Balaban J connectivity index is 1.29. The summed E-state index contributed by atoms with van der Waals surface area (Å²) in [4.78, 5) is 13.7. The van der Waals surface area contributed by atoms with Crippen molar-refractivity contribution in [2.24, 2.45) is 0 Å². The van der Waals surface area contributed by atoms with Gasteiger partial charge in [-0.25, -0.2) is 4.98 Å². The van der Waals surface area contributed by atoms with Gasteiger partial charge in [0.25, 0.3) is 6.01 Å². The lowest BCUT2D eigenvalue weighted by molar-refractivity contribution is 0.250. The number of fused-ring (bicyclic) bond motifs is 1. The molecule has 4 rings (SSSR count). The SMILES string of the molecule is CC(CN1CCN(c2ccccn2)CC1)Nc1nc2ccccc2o1. The summed E-state index contributed by atoms with van der Waals surface area (Å²) in [6.07, 6.45) is 1.86. The Bertz CT molecular complexity index is 778. The van der Waals surface area contributed by atoms with E-state index in [0.717, 1.165) is 49.6 Å². The maximum absolute atomic E-state index is 5.75. The molecule has 6 nitrogen and oxygen atoms in total. The molecule has 0 amide bonds. The van der Waals surface area contributed by atoms with E-state index in [9.17, 15) is 0 Å². The average Bonchev–Trinajstić information content (AvgIpc) is 3.05. The molecule has 25 heavy (non-hydrogen) atoms. The fourth-order valence-corrected chi connectivity index (χ4v) is 3.28. The molecule has 1 aliphatic rings. The van der Waals surface area contributed by atoms with E-state index < -0.39 is 0 Å². The molecule has 3 heterocycles. The number of para-hydroxylation sites is 2. The summed E-state index contributed by atoms with van der Waals surface area (Å²) < 4.78 is 5.75. The van der Waals surface area contributed by atoms with Crippen LogP contribution in [0, 0.1) is 0 Å². The number of rotatable bonds is 5. The fraction of sp³-hybridized carbons (Fsp3) is 0.368. The molecule has 2 aromatic heterocycles. The Morgan fingerprint density at radius 2 is 1.88 bits per heavy atom. The molecule has 0 radical (unpaired) electrons. The number of nitrogens with one attached hydrogen (secondary N) is 1. The second-order valence-corrected chi connectivity index (χ2v) is 6.51. The number of nitrogens with zero attached hydrogens (tertiary/aromatic N) is 4. The lowest BCUT2D eigenvalue weighted by Gasteiger charge is -2.36. The minimum absolute atomic E-state index is 0.273. The molecular formula is C19H23N5O. The van der Waals surface area contributed by atoms with Crippen LogP contribution in [0.1, 0.15) is 6.92 Å². The zero-order chi connectivity index (χ0) is 17.1. The van der Waals surface area contributed by atoms with Crippen molar-refractivity contribution in [3.8, 4) is 0 Å². The third-order valence-corrected chi connectivity index (χ3v) is 4.54. The molecule has 3 aromatic rings. The minimum atomic E-state index is 0.273. The molecule has 1 aromatic carbocycles. The average molecular weight is 337 g/mol. The Morgan fingerprint density at radius 3 is 2.64 bits per heavy atom. The molecule has 1 fully saturated rings. The summed E-state index contributed by atoms with van der Waals surface area (Å²) in [7, 11) is 0. The van der Waals surface area contributed by atoms with Gasteiger partial charge >= 0.3 is 0 Å². The highest BCUT2D eigenvalue weighted by Gasteiger charge is 2.20. The Kier molecular flexibility index (Phi) is 4.52. The minimum Gasteiger partial charge on any atom is -0.424 e. The van der Waals surface area contributed by atoms with Gasteiger partial charge in [0.15, 0.2) is 5.58 Å². The van der Waals surface area contributed by atoms with Gasteiger partial charge in [-0.1, -0.05) is 18.2 Å². The van der Waals surface area contributed by atoms with Gasteiger partial charge in [0.2, 0.25) is 0 Å². The summed E-state index contributed by atoms with van der Waals surface area (Å²) in [5.74, 6) is 1.07. The van der Waals surface area contributed by atoms with Crippen LogP contribution in [0.5, 0.6) is 0 Å². The van der Waals surface area contributed by atoms with E-state index >= 15 is 0 Å². The first-order valence-electron chi connectivity index (χ1n) is 8.78. The van der Waals surface area contributed by atoms with Crippen LogP contribution in [0.25, 0.3) is 11.1 Å². The topological polar surface area (TPSA) is 57.4 Å². The van der Waals surface area contributed by atoms with E-state index in [0.29, 0.717) is 6.01 Å². The molecule has 1 unspecified atom stereocenters. The van der Waals surface area contributed by atoms with Crippen LogP contribution in [0.4, 0.5) is 11.8 Å². The highest BCUT2D eigenvalue weighted by molar-refractivity contribution is 5.74. The monoisotopic (exact) mass is 337 g/mol. The van der Waals surface area contributed by atoms with E-state index in [1.165, 1.54) is 0 Å². The molecule has 1 N–H and O–H groups in total. The largest absolute Gasteiger partial charge is 0.424 e. The highest BCUT2D eigenvalue weighted by Crippen LogP contribution is 2.19. The van der Waals surface area contributed by atoms with Crippen LogP contribution in [-0.4, -0.2) is 53.6 Å². The van der Waals surface area contributed by atoms with Crippen molar-refractivity contribution in [2.75, 3.05) is 42.9 Å². The number of benzene rings is 1. The first-order valence-corrected chi connectivity index (χ1v) is 8.78. The molecule has 1 atom stereocenters. The van der Waals surface area contributed by atoms with Crippen LogP contribution < -0.4 is 10.2 Å². The Labute approximate surface area is 147 Å². The molecule has 1 aliphatic heterocycles. The molecule has 0 aliphatic carbocycles. The predicted molar refractivity (Wildman–Crippen MR) is 100.0 cm³/mol. The van der Waals surface area contributed by atoms with E-state index in [4.69, 9.17) is 4.42 Å².